The minimum absolute atomic E-state index is 0.109. The topological polar surface area (TPSA) is 63.2 Å². The number of hydrogen-bond acceptors (Lipinski definition) is 4. The summed E-state index contributed by atoms with van der Waals surface area (Å²) in [5.74, 6) is 0.844. The number of amides is 2. The average Bonchev–Trinajstić information content (AvgIpc) is 2.92. The van der Waals surface area contributed by atoms with Gasteiger partial charge in [-0.3, -0.25) is 0 Å². The van der Waals surface area contributed by atoms with Crippen molar-refractivity contribution in [1.82, 2.24) is 15.6 Å². The normalized spacial score (nSPS) is 11.8. The number of rotatable bonds is 6. The number of benzene rings is 1. The number of para-hydroxylation sites is 1. The third kappa shape index (κ3) is 4.73. The van der Waals surface area contributed by atoms with Crippen LogP contribution in [-0.4, -0.2) is 24.2 Å². The van der Waals surface area contributed by atoms with Gasteiger partial charge in [-0.1, -0.05) is 18.2 Å². The highest BCUT2D eigenvalue weighted by Crippen LogP contribution is 2.16. The first-order valence-electron chi connectivity index (χ1n) is 7.21. The van der Waals surface area contributed by atoms with Gasteiger partial charge in [-0.25, -0.2) is 9.78 Å². The van der Waals surface area contributed by atoms with E-state index in [2.05, 4.69) is 15.6 Å². The molecule has 0 radical (unpaired) electrons. The van der Waals surface area contributed by atoms with Crippen molar-refractivity contribution < 1.29 is 9.53 Å². The molecule has 22 heavy (non-hydrogen) atoms. The molecule has 1 aromatic heterocycles. The maximum Gasteiger partial charge on any atom is 0.315 e. The number of carbonyl (C=O) groups excluding carboxylic acids is 1. The Morgan fingerprint density at radius 2 is 2.14 bits per heavy atom. The fourth-order valence-corrected chi connectivity index (χ4v) is 2.65. The zero-order valence-electron chi connectivity index (χ0n) is 13.1. The van der Waals surface area contributed by atoms with Crippen LogP contribution >= 0.6 is 11.3 Å². The lowest BCUT2D eigenvalue weighted by atomic mass is 10.2. The van der Waals surface area contributed by atoms with Gasteiger partial charge in [0.05, 0.1) is 23.3 Å². The summed E-state index contributed by atoms with van der Waals surface area (Å²) in [6.07, 6.45) is 0. The molecule has 118 valence electrons. The van der Waals surface area contributed by atoms with E-state index in [0.717, 1.165) is 22.0 Å². The number of carbonyl (C=O) groups is 1. The highest BCUT2D eigenvalue weighted by Gasteiger charge is 2.11. The summed E-state index contributed by atoms with van der Waals surface area (Å²) in [6, 6.07) is 7.48. The summed E-state index contributed by atoms with van der Waals surface area (Å²) in [7, 11) is 0. The summed E-state index contributed by atoms with van der Waals surface area (Å²) in [6.45, 7) is 6.74. The van der Waals surface area contributed by atoms with Gasteiger partial charge in [0, 0.05) is 5.38 Å². The molecule has 0 aliphatic heterocycles. The second kappa shape index (κ2) is 7.79. The molecule has 0 saturated carbocycles. The van der Waals surface area contributed by atoms with Gasteiger partial charge in [0.1, 0.15) is 12.4 Å². The minimum atomic E-state index is -0.216. The van der Waals surface area contributed by atoms with E-state index in [0.29, 0.717) is 13.2 Å². The van der Waals surface area contributed by atoms with Gasteiger partial charge in [-0.2, -0.15) is 0 Å². The van der Waals surface area contributed by atoms with Crippen molar-refractivity contribution in [3.8, 4) is 5.75 Å². The molecule has 1 unspecified atom stereocenters. The van der Waals surface area contributed by atoms with Gasteiger partial charge in [-0.05, 0) is 32.4 Å². The number of ether oxygens (including phenoxy) is 1. The predicted octanol–water partition coefficient (Wildman–Crippen LogP) is 3.20. The first-order chi connectivity index (χ1) is 10.6. The van der Waals surface area contributed by atoms with Gasteiger partial charge >= 0.3 is 6.03 Å². The van der Waals surface area contributed by atoms with E-state index in [9.17, 15) is 4.79 Å². The van der Waals surface area contributed by atoms with E-state index >= 15 is 0 Å². The molecule has 2 rings (SSSR count). The van der Waals surface area contributed by atoms with Crippen molar-refractivity contribution in [2.24, 2.45) is 0 Å². The highest BCUT2D eigenvalue weighted by atomic mass is 32.1. The van der Waals surface area contributed by atoms with Crippen molar-refractivity contribution in [2.75, 3.05) is 13.2 Å². The van der Waals surface area contributed by atoms with E-state index in [1.807, 2.05) is 50.4 Å². The Kier molecular flexibility index (Phi) is 5.77. The molecule has 1 aromatic carbocycles. The van der Waals surface area contributed by atoms with Gasteiger partial charge < -0.3 is 15.4 Å². The number of aromatic nitrogens is 1. The zero-order valence-corrected chi connectivity index (χ0v) is 13.9. The zero-order chi connectivity index (χ0) is 15.9. The van der Waals surface area contributed by atoms with Gasteiger partial charge in [0.2, 0.25) is 0 Å². The van der Waals surface area contributed by atoms with Gasteiger partial charge in [-0.15, -0.1) is 11.3 Å². The van der Waals surface area contributed by atoms with Crippen LogP contribution in [0.5, 0.6) is 5.75 Å². The second-order valence-electron chi connectivity index (χ2n) is 5.03. The van der Waals surface area contributed by atoms with Crippen LogP contribution in [0.3, 0.4) is 0 Å². The van der Waals surface area contributed by atoms with Crippen LogP contribution in [0, 0.1) is 13.8 Å². The molecule has 2 amide bonds. The number of nitrogens with one attached hydrogen (secondary N) is 2. The summed E-state index contributed by atoms with van der Waals surface area (Å²) in [5, 5.41) is 8.59. The second-order valence-corrected chi connectivity index (χ2v) is 6.09. The largest absolute Gasteiger partial charge is 0.491 e. The molecule has 0 spiro atoms. The van der Waals surface area contributed by atoms with E-state index < -0.39 is 0 Å². The molecule has 0 fully saturated rings. The van der Waals surface area contributed by atoms with E-state index in [1.165, 1.54) is 0 Å². The van der Waals surface area contributed by atoms with Crippen molar-refractivity contribution >= 4 is 17.4 Å². The average molecular weight is 319 g/mol. The number of nitrogens with zero attached hydrogens (tertiary/aromatic N) is 1. The van der Waals surface area contributed by atoms with Crippen LogP contribution in [-0.2, 0) is 0 Å². The van der Waals surface area contributed by atoms with E-state index in [-0.39, 0.29) is 12.1 Å². The number of hydrogen-bond donors (Lipinski definition) is 2. The molecule has 0 bridgehead atoms. The van der Waals surface area contributed by atoms with Gasteiger partial charge in [0.15, 0.2) is 0 Å². The molecule has 1 atom stereocenters. The monoisotopic (exact) mass is 319 g/mol. The fourth-order valence-electron chi connectivity index (χ4n) is 1.94. The van der Waals surface area contributed by atoms with E-state index in [1.54, 1.807) is 11.3 Å². The van der Waals surface area contributed by atoms with Crippen molar-refractivity contribution in [2.45, 2.75) is 26.8 Å². The lowest BCUT2D eigenvalue weighted by Crippen LogP contribution is -2.39. The molecule has 1 heterocycles. The Hall–Kier alpha value is -2.08. The standard InChI is InChI=1S/C16H21N3O2S/c1-11-6-4-5-7-15(11)21-9-8-17-16(20)18-12(2)14-10-22-13(3)19-14/h4-7,10,12H,8-9H2,1-3H3,(H2,17,18,20). The Balaban J connectivity index is 1.69. The highest BCUT2D eigenvalue weighted by molar-refractivity contribution is 7.09. The predicted molar refractivity (Wildman–Crippen MR) is 88.5 cm³/mol. The molecule has 0 aliphatic rings. The maximum absolute atomic E-state index is 11.8. The molecule has 0 aliphatic carbocycles. The summed E-state index contributed by atoms with van der Waals surface area (Å²) >= 11 is 1.58. The van der Waals surface area contributed by atoms with Crippen LogP contribution in [0.25, 0.3) is 0 Å². The Labute approximate surface area is 134 Å². The lowest BCUT2D eigenvalue weighted by Gasteiger charge is -2.13. The third-order valence-electron chi connectivity index (χ3n) is 3.17. The van der Waals surface area contributed by atoms with Crippen molar-refractivity contribution in [3.63, 3.8) is 0 Å². The molecule has 2 N–H and O–H groups in total. The smallest absolute Gasteiger partial charge is 0.315 e. The quantitative estimate of drug-likeness (QED) is 0.804. The number of urea groups is 1. The summed E-state index contributed by atoms with van der Waals surface area (Å²) in [5.41, 5.74) is 1.97. The molecule has 2 aromatic rings. The third-order valence-corrected chi connectivity index (χ3v) is 3.96. The lowest BCUT2D eigenvalue weighted by molar-refractivity contribution is 0.233. The maximum atomic E-state index is 11.8. The first kappa shape index (κ1) is 16.3. The number of aryl methyl sites for hydroxylation is 2. The number of thiazole rings is 1. The molecule has 5 nitrogen and oxygen atoms in total. The summed E-state index contributed by atoms with van der Waals surface area (Å²) in [4.78, 5) is 16.2. The molecular formula is C16H21N3O2S. The van der Waals surface area contributed by atoms with Crippen LogP contribution in [0.1, 0.15) is 29.2 Å². The Bertz CT molecular complexity index is 627. The molecule has 6 heteroatoms. The van der Waals surface area contributed by atoms with Crippen LogP contribution in [0.4, 0.5) is 4.79 Å². The first-order valence-corrected chi connectivity index (χ1v) is 8.09. The van der Waals surface area contributed by atoms with Crippen LogP contribution in [0.2, 0.25) is 0 Å². The van der Waals surface area contributed by atoms with Crippen molar-refractivity contribution in [3.05, 3.63) is 45.9 Å². The molecular weight excluding hydrogens is 298 g/mol. The molecule has 0 saturated heterocycles. The van der Waals surface area contributed by atoms with Crippen molar-refractivity contribution in [1.29, 1.82) is 0 Å². The van der Waals surface area contributed by atoms with Gasteiger partial charge in [0.25, 0.3) is 0 Å². The SMILES string of the molecule is Cc1nc(C(C)NC(=O)NCCOc2ccccc2C)cs1. The Morgan fingerprint density at radius 1 is 1.36 bits per heavy atom. The fraction of sp³-hybridized carbons (Fsp3) is 0.375. The minimum Gasteiger partial charge on any atom is -0.491 e. The van der Waals surface area contributed by atoms with Crippen LogP contribution in [0.15, 0.2) is 29.6 Å². The Morgan fingerprint density at radius 3 is 2.82 bits per heavy atom. The summed E-state index contributed by atoms with van der Waals surface area (Å²) < 4.78 is 5.63. The van der Waals surface area contributed by atoms with E-state index in [4.69, 9.17) is 4.74 Å². The van der Waals surface area contributed by atoms with Crippen LogP contribution < -0.4 is 15.4 Å².